The summed E-state index contributed by atoms with van der Waals surface area (Å²) in [6.07, 6.45) is 2.05. The Balaban J connectivity index is 1.84. The van der Waals surface area contributed by atoms with Gasteiger partial charge in [-0.15, -0.1) is 0 Å². The predicted molar refractivity (Wildman–Crippen MR) is 91.6 cm³/mol. The average Bonchev–Trinajstić information content (AvgIpc) is 2.56. The topological polar surface area (TPSA) is 35.5 Å². The molecule has 0 atom stereocenters. The largest absolute Gasteiger partial charge is 0.493 e. The molecule has 0 saturated heterocycles. The Bertz CT molecular complexity index is 797. The van der Waals surface area contributed by atoms with Crippen LogP contribution in [0.15, 0.2) is 42.0 Å². The van der Waals surface area contributed by atoms with E-state index in [0.717, 1.165) is 11.1 Å². The lowest BCUT2D eigenvalue weighted by Crippen LogP contribution is -2.17. The number of carbonyl (C=O) groups is 1. The SMILES string of the molecule is COc1cccc2c1OCC(C(=O)Cc1ccc(Cl)cc1Cl)=C2. The third-order valence-corrected chi connectivity index (χ3v) is 4.24. The summed E-state index contributed by atoms with van der Waals surface area (Å²) < 4.78 is 11.0. The van der Waals surface area contributed by atoms with E-state index in [1.807, 2.05) is 24.3 Å². The highest BCUT2D eigenvalue weighted by atomic mass is 35.5. The number of fused-ring (bicyclic) bond motifs is 1. The van der Waals surface area contributed by atoms with Crippen molar-refractivity contribution in [1.29, 1.82) is 0 Å². The lowest BCUT2D eigenvalue weighted by Gasteiger charge is -2.19. The smallest absolute Gasteiger partial charge is 0.168 e. The highest BCUT2D eigenvalue weighted by Crippen LogP contribution is 2.35. The van der Waals surface area contributed by atoms with Crippen LogP contribution in [0.3, 0.4) is 0 Å². The van der Waals surface area contributed by atoms with Crippen molar-refractivity contribution < 1.29 is 14.3 Å². The first-order valence-corrected chi connectivity index (χ1v) is 7.81. The number of ether oxygens (including phenoxy) is 2. The lowest BCUT2D eigenvalue weighted by molar-refractivity contribution is -0.115. The van der Waals surface area contributed by atoms with Gasteiger partial charge in [0.1, 0.15) is 6.61 Å². The van der Waals surface area contributed by atoms with E-state index >= 15 is 0 Å². The number of carbonyl (C=O) groups excluding carboxylic acids is 1. The van der Waals surface area contributed by atoms with Gasteiger partial charge in [0.25, 0.3) is 0 Å². The minimum atomic E-state index is -0.0253. The molecule has 0 N–H and O–H groups in total. The van der Waals surface area contributed by atoms with E-state index in [-0.39, 0.29) is 18.8 Å². The fraction of sp³-hybridized carbons (Fsp3) is 0.167. The molecule has 1 aliphatic rings. The van der Waals surface area contributed by atoms with Gasteiger partial charge in [-0.1, -0.05) is 41.4 Å². The standard InChI is InChI=1S/C18H14Cl2O3/c1-22-17-4-2-3-12-7-13(10-23-18(12)17)16(21)8-11-5-6-14(19)9-15(11)20/h2-7,9H,8,10H2,1H3. The van der Waals surface area contributed by atoms with Crippen molar-refractivity contribution in [3.8, 4) is 11.5 Å². The average molecular weight is 349 g/mol. The molecule has 118 valence electrons. The van der Waals surface area contributed by atoms with Crippen molar-refractivity contribution in [3.63, 3.8) is 0 Å². The second-order valence-corrected chi connectivity index (χ2v) is 6.02. The molecule has 2 aromatic rings. The fourth-order valence-corrected chi connectivity index (χ4v) is 2.93. The number of hydrogen-bond donors (Lipinski definition) is 0. The number of rotatable bonds is 4. The van der Waals surface area contributed by atoms with E-state index in [2.05, 4.69) is 0 Å². The molecular weight excluding hydrogens is 335 g/mol. The lowest BCUT2D eigenvalue weighted by atomic mass is 9.99. The number of hydrogen-bond acceptors (Lipinski definition) is 3. The Morgan fingerprint density at radius 3 is 2.83 bits per heavy atom. The number of Topliss-reactive ketones (excluding diaryl/α,β-unsaturated/α-hetero) is 1. The summed E-state index contributed by atoms with van der Waals surface area (Å²) in [6, 6.07) is 10.7. The van der Waals surface area contributed by atoms with E-state index in [4.69, 9.17) is 32.7 Å². The van der Waals surface area contributed by atoms with Gasteiger partial charge in [0.15, 0.2) is 17.3 Å². The van der Waals surface area contributed by atoms with Crippen LogP contribution in [-0.4, -0.2) is 19.5 Å². The van der Waals surface area contributed by atoms with Crippen LogP contribution in [0.1, 0.15) is 11.1 Å². The van der Waals surface area contributed by atoms with Crippen molar-refractivity contribution in [1.82, 2.24) is 0 Å². The van der Waals surface area contributed by atoms with Gasteiger partial charge in [-0.25, -0.2) is 0 Å². The molecule has 0 aliphatic carbocycles. The first kappa shape index (κ1) is 15.9. The number of benzene rings is 2. The van der Waals surface area contributed by atoms with Gasteiger partial charge in [0.2, 0.25) is 0 Å². The Morgan fingerprint density at radius 2 is 2.09 bits per heavy atom. The Labute approximate surface area is 144 Å². The van der Waals surface area contributed by atoms with Crippen LogP contribution in [0.4, 0.5) is 0 Å². The van der Waals surface area contributed by atoms with Gasteiger partial charge < -0.3 is 9.47 Å². The molecule has 0 amide bonds. The second-order valence-electron chi connectivity index (χ2n) is 5.17. The molecule has 0 bridgehead atoms. The van der Waals surface area contributed by atoms with Crippen LogP contribution < -0.4 is 9.47 Å². The van der Waals surface area contributed by atoms with E-state index in [0.29, 0.717) is 27.1 Å². The van der Waals surface area contributed by atoms with Gasteiger partial charge in [0, 0.05) is 27.6 Å². The Hall–Kier alpha value is -1.97. The number of methoxy groups -OCH3 is 1. The minimum Gasteiger partial charge on any atom is -0.493 e. The summed E-state index contributed by atoms with van der Waals surface area (Å²) in [5.74, 6) is 1.30. The van der Waals surface area contributed by atoms with E-state index in [1.54, 1.807) is 25.3 Å². The van der Waals surface area contributed by atoms with Crippen molar-refractivity contribution in [2.24, 2.45) is 0 Å². The maximum Gasteiger partial charge on any atom is 0.168 e. The number of halogens is 2. The summed E-state index contributed by atoms with van der Waals surface area (Å²) in [6.45, 7) is 0.220. The van der Waals surface area contributed by atoms with Gasteiger partial charge in [-0.2, -0.15) is 0 Å². The number of para-hydroxylation sites is 1. The summed E-state index contributed by atoms with van der Waals surface area (Å²) >= 11 is 12.0. The molecule has 3 nitrogen and oxygen atoms in total. The molecule has 0 spiro atoms. The molecule has 0 saturated carbocycles. The molecular formula is C18H14Cl2O3. The normalized spacial score (nSPS) is 12.9. The summed E-state index contributed by atoms with van der Waals surface area (Å²) in [5.41, 5.74) is 2.19. The van der Waals surface area contributed by atoms with E-state index in [9.17, 15) is 4.79 Å². The molecule has 0 fully saturated rings. The Morgan fingerprint density at radius 1 is 1.26 bits per heavy atom. The van der Waals surface area contributed by atoms with Gasteiger partial charge in [0.05, 0.1) is 7.11 Å². The fourth-order valence-electron chi connectivity index (χ4n) is 2.45. The van der Waals surface area contributed by atoms with Gasteiger partial charge in [-0.3, -0.25) is 4.79 Å². The van der Waals surface area contributed by atoms with Crippen LogP contribution in [0.2, 0.25) is 10.0 Å². The van der Waals surface area contributed by atoms with E-state index < -0.39 is 0 Å². The molecule has 5 heteroatoms. The summed E-state index contributed by atoms with van der Waals surface area (Å²) in [7, 11) is 1.59. The van der Waals surface area contributed by atoms with Crippen molar-refractivity contribution in [2.45, 2.75) is 6.42 Å². The first-order chi connectivity index (χ1) is 11.1. The van der Waals surface area contributed by atoms with Crippen molar-refractivity contribution in [2.75, 3.05) is 13.7 Å². The third kappa shape index (κ3) is 3.36. The molecule has 0 unspecified atom stereocenters. The van der Waals surface area contributed by atoms with Crippen LogP contribution in [0.25, 0.3) is 6.08 Å². The second kappa shape index (κ2) is 6.65. The molecule has 2 aromatic carbocycles. The zero-order valence-corrected chi connectivity index (χ0v) is 13.9. The molecule has 0 radical (unpaired) electrons. The Kier molecular flexibility index (Phi) is 4.60. The monoisotopic (exact) mass is 348 g/mol. The third-order valence-electron chi connectivity index (χ3n) is 3.66. The van der Waals surface area contributed by atoms with Gasteiger partial charge >= 0.3 is 0 Å². The molecule has 23 heavy (non-hydrogen) atoms. The number of ketones is 1. The minimum absolute atomic E-state index is 0.0253. The zero-order chi connectivity index (χ0) is 16.4. The van der Waals surface area contributed by atoms with E-state index in [1.165, 1.54) is 0 Å². The zero-order valence-electron chi connectivity index (χ0n) is 12.4. The van der Waals surface area contributed by atoms with Crippen molar-refractivity contribution in [3.05, 3.63) is 63.1 Å². The van der Waals surface area contributed by atoms with Crippen LogP contribution in [0.5, 0.6) is 11.5 Å². The first-order valence-electron chi connectivity index (χ1n) is 7.06. The summed E-state index contributed by atoms with van der Waals surface area (Å²) in [4.78, 5) is 12.5. The molecule has 1 aliphatic heterocycles. The highest BCUT2D eigenvalue weighted by molar-refractivity contribution is 6.35. The maximum atomic E-state index is 12.5. The molecule has 3 rings (SSSR count). The summed E-state index contributed by atoms with van der Waals surface area (Å²) in [5, 5.41) is 1.04. The highest BCUT2D eigenvalue weighted by Gasteiger charge is 2.20. The molecule has 0 aromatic heterocycles. The maximum absolute atomic E-state index is 12.5. The predicted octanol–water partition coefficient (Wildman–Crippen LogP) is 4.59. The quantitative estimate of drug-likeness (QED) is 0.810. The van der Waals surface area contributed by atoms with Crippen LogP contribution in [-0.2, 0) is 11.2 Å². The van der Waals surface area contributed by atoms with Crippen LogP contribution >= 0.6 is 23.2 Å². The van der Waals surface area contributed by atoms with Crippen LogP contribution in [0, 0.1) is 0 Å². The molecule has 1 heterocycles. The van der Waals surface area contributed by atoms with Crippen molar-refractivity contribution >= 4 is 35.1 Å². The van der Waals surface area contributed by atoms with Gasteiger partial charge in [-0.05, 0) is 29.8 Å².